The Morgan fingerprint density at radius 1 is 1.14 bits per heavy atom. The van der Waals surface area contributed by atoms with Crippen LogP contribution in [0.1, 0.15) is 11.1 Å². The maximum Gasteiger partial charge on any atom is 0.363 e. The summed E-state index contributed by atoms with van der Waals surface area (Å²) < 4.78 is 18.2. The third-order valence-corrected chi connectivity index (χ3v) is 3.08. The van der Waals surface area contributed by atoms with Gasteiger partial charge in [0.15, 0.2) is 5.70 Å². The summed E-state index contributed by atoms with van der Waals surface area (Å²) in [5, 5.41) is 0.522. The number of aliphatic imine (C=N–C) groups is 1. The first kappa shape index (κ1) is 13.5. The number of cyclic esters (lactones) is 1. The van der Waals surface area contributed by atoms with Crippen LogP contribution >= 0.6 is 11.6 Å². The van der Waals surface area contributed by atoms with Gasteiger partial charge in [-0.1, -0.05) is 29.8 Å². The highest BCUT2D eigenvalue weighted by molar-refractivity contribution is 6.31. The Bertz CT molecular complexity index is 783. The van der Waals surface area contributed by atoms with E-state index in [-0.39, 0.29) is 17.4 Å². The number of halogens is 2. The predicted octanol–water partition coefficient (Wildman–Crippen LogP) is 3.82. The van der Waals surface area contributed by atoms with Crippen molar-refractivity contribution in [2.24, 2.45) is 4.99 Å². The Morgan fingerprint density at radius 3 is 2.71 bits per heavy atom. The standard InChI is InChI=1S/C16H9ClFNO2/c17-12-5-2-4-11(9-12)15-19-14(16(20)21-15)8-10-3-1-6-13(18)7-10/h1-9H/b14-8-. The molecule has 3 rings (SSSR count). The van der Waals surface area contributed by atoms with Crippen molar-refractivity contribution in [2.75, 3.05) is 0 Å². The number of hydrogen-bond donors (Lipinski definition) is 0. The Labute approximate surface area is 125 Å². The van der Waals surface area contributed by atoms with Crippen LogP contribution < -0.4 is 0 Å². The van der Waals surface area contributed by atoms with Gasteiger partial charge in [-0.2, -0.15) is 0 Å². The zero-order valence-corrected chi connectivity index (χ0v) is 11.5. The van der Waals surface area contributed by atoms with E-state index in [1.165, 1.54) is 18.2 Å². The minimum atomic E-state index is -0.575. The molecule has 2 aromatic carbocycles. The molecular weight excluding hydrogens is 293 g/mol. The molecule has 0 bridgehead atoms. The van der Waals surface area contributed by atoms with Crippen LogP contribution in [0.5, 0.6) is 0 Å². The molecule has 21 heavy (non-hydrogen) atoms. The molecule has 0 aliphatic carbocycles. The highest BCUT2D eigenvalue weighted by Crippen LogP contribution is 2.21. The minimum Gasteiger partial charge on any atom is -0.402 e. The van der Waals surface area contributed by atoms with Crippen molar-refractivity contribution in [1.29, 1.82) is 0 Å². The molecule has 0 aromatic heterocycles. The summed E-state index contributed by atoms with van der Waals surface area (Å²) in [6.45, 7) is 0. The van der Waals surface area contributed by atoms with E-state index in [0.29, 0.717) is 16.1 Å². The summed E-state index contributed by atoms with van der Waals surface area (Å²) in [6.07, 6.45) is 1.48. The van der Waals surface area contributed by atoms with E-state index in [4.69, 9.17) is 16.3 Å². The van der Waals surface area contributed by atoms with Crippen LogP contribution in [0.25, 0.3) is 6.08 Å². The molecule has 0 unspecified atom stereocenters. The number of hydrogen-bond acceptors (Lipinski definition) is 3. The Morgan fingerprint density at radius 2 is 1.95 bits per heavy atom. The average molecular weight is 302 g/mol. The molecule has 0 saturated heterocycles. The van der Waals surface area contributed by atoms with Gasteiger partial charge < -0.3 is 4.74 Å². The normalized spacial score (nSPS) is 16.0. The van der Waals surface area contributed by atoms with Crippen molar-refractivity contribution >= 4 is 29.5 Å². The number of benzene rings is 2. The molecular formula is C16H9ClFNO2. The van der Waals surface area contributed by atoms with Gasteiger partial charge in [0.25, 0.3) is 0 Å². The van der Waals surface area contributed by atoms with Gasteiger partial charge in [0, 0.05) is 10.6 Å². The first-order valence-corrected chi connectivity index (χ1v) is 6.54. The number of esters is 1. The molecule has 2 aromatic rings. The van der Waals surface area contributed by atoms with Gasteiger partial charge in [-0.15, -0.1) is 0 Å². The second-order valence-electron chi connectivity index (χ2n) is 4.40. The monoisotopic (exact) mass is 301 g/mol. The quantitative estimate of drug-likeness (QED) is 0.625. The van der Waals surface area contributed by atoms with Crippen LogP contribution in [0, 0.1) is 5.82 Å². The van der Waals surface area contributed by atoms with E-state index in [2.05, 4.69) is 4.99 Å². The third-order valence-electron chi connectivity index (χ3n) is 2.84. The van der Waals surface area contributed by atoms with Crippen LogP contribution in [0.15, 0.2) is 59.2 Å². The highest BCUT2D eigenvalue weighted by atomic mass is 35.5. The van der Waals surface area contributed by atoms with Gasteiger partial charge >= 0.3 is 5.97 Å². The number of nitrogens with zero attached hydrogens (tertiary/aromatic N) is 1. The fourth-order valence-electron chi connectivity index (χ4n) is 1.91. The lowest BCUT2D eigenvalue weighted by Crippen LogP contribution is -2.05. The van der Waals surface area contributed by atoms with Crippen LogP contribution in [-0.2, 0) is 9.53 Å². The SMILES string of the molecule is O=C1OC(c2cccc(Cl)c2)=N/C1=C\c1cccc(F)c1. The van der Waals surface area contributed by atoms with Gasteiger partial charge in [0.2, 0.25) is 5.90 Å². The summed E-state index contributed by atoms with van der Waals surface area (Å²) in [5.41, 5.74) is 1.27. The molecule has 0 amide bonds. The fourth-order valence-corrected chi connectivity index (χ4v) is 2.10. The smallest absolute Gasteiger partial charge is 0.363 e. The van der Waals surface area contributed by atoms with Gasteiger partial charge in [0.05, 0.1) is 0 Å². The van der Waals surface area contributed by atoms with E-state index in [9.17, 15) is 9.18 Å². The zero-order chi connectivity index (χ0) is 14.8. The van der Waals surface area contributed by atoms with Crippen LogP contribution in [0.3, 0.4) is 0 Å². The van der Waals surface area contributed by atoms with Crippen molar-refractivity contribution in [3.05, 3.63) is 76.2 Å². The Balaban J connectivity index is 1.95. The van der Waals surface area contributed by atoms with Crippen molar-refractivity contribution < 1.29 is 13.9 Å². The summed E-state index contributed by atoms with van der Waals surface area (Å²) in [4.78, 5) is 15.9. The molecule has 0 N–H and O–H groups in total. The number of rotatable bonds is 2. The summed E-state index contributed by atoms with van der Waals surface area (Å²) in [7, 11) is 0. The van der Waals surface area contributed by atoms with E-state index >= 15 is 0 Å². The lowest BCUT2D eigenvalue weighted by atomic mass is 10.2. The maximum atomic E-state index is 13.1. The Kier molecular flexibility index (Phi) is 3.54. The molecule has 0 saturated carbocycles. The lowest BCUT2D eigenvalue weighted by molar-refractivity contribution is -0.129. The number of carbonyl (C=O) groups is 1. The lowest BCUT2D eigenvalue weighted by Gasteiger charge is -1.98. The van der Waals surface area contributed by atoms with Gasteiger partial charge in [0.1, 0.15) is 5.82 Å². The molecule has 0 radical (unpaired) electrons. The van der Waals surface area contributed by atoms with E-state index in [1.807, 2.05) is 0 Å². The fraction of sp³-hybridized carbons (Fsp3) is 0. The molecule has 0 atom stereocenters. The van der Waals surface area contributed by atoms with Crippen molar-refractivity contribution in [2.45, 2.75) is 0 Å². The van der Waals surface area contributed by atoms with Crippen LogP contribution in [0.2, 0.25) is 5.02 Å². The van der Waals surface area contributed by atoms with E-state index < -0.39 is 5.97 Å². The second kappa shape index (κ2) is 5.50. The summed E-state index contributed by atoms with van der Waals surface area (Å²) in [6, 6.07) is 12.7. The maximum absolute atomic E-state index is 13.1. The van der Waals surface area contributed by atoms with Crippen LogP contribution in [0.4, 0.5) is 4.39 Å². The highest BCUT2D eigenvalue weighted by Gasteiger charge is 2.24. The van der Waals surface area contributed by atoms with E-state index in [1.54, 1.807) is 36.4 Å². The minimum absolute atomic E-state index is 0.121. The molecule has 1 aliphatic rings. The molecule has 104 valence electrons. The number of ether oxygens (including phenoxy) is 1. The van der Waals surface area contributed by atoms with E-state index in [0.717, 1.165) is 0 Å². The van der Waals surface area contributed by atoms with Gasteiger partial charge in [-0.3, -0.25) is 0 Å². The van der Waals surface area contributed by atoms with Gasteiger partial charge in [-0.05, 0) is 42.0 Å². The summed E-state index contributed by atoms with van der Waals surface area (Å²) >= 11 is 5.89. The van der Waals surface area contributed by atoms with Gasteiger partial charge in [-0.25, -0.2) is 14.2 Å². The van der Waals surface area contributed by atoms with Crippen LogP contribution in [-0.4, -0.2) is 11.9 Å². The first-order valence-electron chi connectivity index (χ1n) is 6.16. The third kappa shape index (κ3) is 3.01. The number of carbonyl (C=O) groups excluding carboxylic acids is 1. The largest absolute Gasteiger partial charge is 0.402 e. The Hall–Kier alpha value is -2.46. The zero-order valence-electron chi connectivity index (χ0n) is 10.7. The molecule has 1 heterocycles. The second-order valence-corrected chi connectivity index (χ2v) is 4.84. The molecule has 1 aliphatic heterocycles. The molecule has 5 heteroatoms. The molecule has 3 nitrogen and oxygen atoms in total. The van der Waals surface area contributed by atoms with Crippen molar-refractivity contribution in [3.63, 3.8) is 0 Å². The molecule has 0 fully saturated rings. The molecule has 0 spiro atoms. The predicted molar refractivity (Wildman–Crippen MR) is 78.5 cm³/mol. The first-order chi connectivity index (χ1) is 10.1. The summed E-state index contributed by atoms with van der Waals surface area (Å²) in [5.74, 6) is -0.769. The van der Waals surface area contributed by atoms with Crippen molar-refractivity contribution in [1.82, 2.24) is 0 Å². The van der Waals surface area contributed by atoms with Crippen molar-refractivity contribution in [3.8, 4) is 0 Å². The topological polar surface area (TPSA) is 38.7 Å². The average Bonchev–Trinajstić information content (AvgIpc) is 2.80.